The Morgan fingerprint density at radius 2 is 2.22 bits per heavy atom. The van der Waals surface area contributed by atoms with Crippen LogP contribution in [0.4, 0.5) is 4.39 Å². The molecule has 0 aromatic carbocycles. The van der Waals surface area contributed by atoms with E-state index < -0.39 is 0 Å². The zero-order valence-corrected chi connectivity index (χ0v) is 6.07. The van der Waals surface area contributed by atoms with E-state index in [2.05, 4.69) is 6.92 Å². The summed E-state index contributed by atoms with van der Waals surface area (Å²) in [5.74, 6) is 1.21. The van der Waals surface area contributed by atoms with Crippen LogP contribution in [0.1, 0.15) is 32.6 Å². The van der Waals surface area contributed by atoms with Crippen molar-refractivity contribution in [3.8, 4) is 0 Å². The molecule has 0 nitrogen and oxygen atoms in total. The molecular weight excluding hydrogens is 115 g/mol. The molecule has 2 atom stereocenters. The molecule has 0 aromatic heterocycles. The Bertz CT molecular complexity index is 80.6. The van der Waals surface area contributed by atoms with Crippen LogP contribution in [-0.2, 0) is 0 Å². The highest BCUT2D eigenvalue weighted by molar-refractivity contribution is 4.84. The van der Waals surface area contributed by atoms with Crippen molar-refractivity contribution in [1.29, 1.82) is 0 Å². The van der Waals surface area contributed by atoms with E-state index >= 15 is 0 Å². The number of hydrogen-bond acceptors (Lipinski definition) is 0. The van der Waals surface area contributed by atoms with Crippen LogP contribution < -0.4 is 0 Å². The van der Waals surface area contributed by atoms with Gasteiger partial charge in [-0.15, -0.1) is 0 Å². The summed E-state index contributed by atoms with van der Waals surface area (Å²) in [7, 11) is 0. The van der Waals surface area contributed by atoms with Gasteiger partial charge in [0.2, 0.25) is 0 Å². The van der Waals surface area contributed by atoms with Crippen molar-refractivity contribution >= 4 is 0 Å². The van der Waals surface area contributed by atoms with Crippen molar-refractivity contribution in [3.05, 3.63) is 0 Å². The first-order valence-corrected chi connectivity index (χ1v) is 3.94. The molecule has 2 unspecified atom stereocenters. The normalized spacial score (nSPS) is 32.7. The molecule has 1 aliphatic rings. The van der Waals surface area contributed by atoms with Gasteiger partial charge in [0.1, 0.15) is 0 Å². The van der Waals surface area contributed by atoms with E-state index in [-0.39, 0.29) is 6.67 Å². The van der Waals surface area contributed by atoms with Gasteiger partial charge in [-0.2, -0.15) is 0 Å². The Kier molecular flexibility index (Phi) is 2.49. The largest absolute Gasteiger partial charge is 0.251 e. The van der Waals surface area contributed by atoms with E-state index in [1.165, 1.54) is 19.3 Å². The molecule has 0 aliphatic heterocycles. The molecule has 0 saturated heterocycles. The summed E-state index contributed by atoms with van der Waals surface area (Å²) in [6.07, 6.45) is 4.98. The minimum absolute atomic E-state index is 0.0750. The second-order valence-electron chi connectivity index (χ2n) is 3.05. The van der Waals surface area contributed by atoms with Gasteiger partial charge in [-0.25, -0.2) is 0 Å². The van der Waals surface area contributed by atoms with E-state index in [4.69, 9.17) is 0 Å². The average molecular weight is 130 g/mol. The third-order valence-electron chi connectivity index (χ3n) is 2.20. The van der Waals surface area contributed by atoms with Gasteiger partial charge in [0.15, 0.2) is 0 Å². The molecule has 1 fully saturated rings. The summed E-state index contributed by atoms with van der Waals surface area (Å²) in [6.45, 7) is 2.11. The lowest BCUT2D eigenvalue weighted by molar-refractivity contribution is 0.431. The number of alkyl halides is 1. The molecular formula is C8H15F. The van der Waals surface area contributed by atoms with Gasteiger partial charge < -0.3 is 0 Å². The predicted molar refractivity (Wildman–Crippen MR) is 37.1 cm³/mol. The Hall–Kier alpha value is -0.0700. The van der Waals surface area contributed by atoms with E-state index in [0.29, 0.717) is 5.92 Å². The number of halogens is 1. The van der Waals surface area contributed by atoms with Crippen LogP contribution in [0.5, 0.6) is 0 Å². The second kappa shape index (κ2) is 3.19. The highest BCUT2D eigenvalue weighted by Crippen LogP contribution is 2.42. The molecule has 0 radical (unpaired) electrons. The van der Waals surface area contributed by atoms with Gasteiger partial charge in [-0.05, 0) is 18.3 Å². The van der Waals surface area contributed by atoms with Crippen molar-refractivity contribution in [1.82, 2.24) is 0 Å². The molecule has 0 heterocycles. The summed E-state index contributed by atoms with van der Waals surface area (Å²) < 4.78 is 11.9. The van der Waals surface area contributed by atoms with Gasteiger partial charge in [-0.1, -0.05) is 26.2 Å². The molecule has 54 valence electrons. The maximum Gasteiger partial charge on any atom is 0.0925 e. The first kappa shape index (κ1) is 7.04. The third-order valence-corrected chi connectivity index (χ3v) is 2.20. The van der Waals surface area contributed by atoms with Gasteiger partial charge in [0, 0.05) is 0 Å². The lowest BCUT2D eigenvalue weighted by Crippen LogP contribution is -1.83. The average Bonchev–Trinajstić information content (AvgIpc) is 2.62. The molecule has 0 N–H and O–H groups in total. The van der Waals surface area contributed by atoms with Gasteiger partial charge in [0.25, 0.3) is 0 Å². The highest BCUT2D eigenvalue weighted by atomic mass is 19.1. The Morgan fingerprint density at radius 3 is 2.67 bits per heavy atom. The fraction of sp³-hybridized carbons (Fsp3) is 1.00. The molecule has 1 saturated carbocycles. The van der Waals surface area contributed by atoms with Crippen LogP contribution >= 0.6 is 0 Å². The summed E-state index contributed by atoms with van der Waals surface area (Å²) in [6, 6.07) is 0. The standard InChI is InChI=1S/C8H15F/c1-2-3-4-7-5-8(7)6-9/h7-8H,2-6H2,1H3. The highest BCUT2D eigenvalue weighted by Gasteiger charge is 2.35. The number of unbranched alkanes of at least 4 members (excludes halogenated alkanes) is 1. The van der Waals surface area contributed by atoms with Crippen LogP contribution in [0.15, 0.2) is 0 Å². The fourth-order valence-electron chi connectivity index (χ4n) is 1.32. The zero-order chi connectivity index (χ0) is 6.69. The van der Waals surface area contributed by atoms with Gasteiger partial charge in [-0.3, -0.25) is 4.39 Å². The van der Waals surface area contributed by atoms with Crippen molar-refractivity contribution in [2.75, 3.05) is 6.67 Å². The Morgan fingerprint density at radius 1 is 1.44 bits per heavy atom. The summed E-state index contributed by atoms with van der Waals surface area (Å²) >= 11 is 0. The zero-order valence-electron chi connectivity index (χ0n) is 6.07. The molecule has 9 heavy (non-hydrogen) atoms. The minimum atomic E-state index is -0.0750. The topological polar surface area (TPSA) is 0 Å². The molecule has 0 amide bonds. The summed E-state index contributed by atoms with van der Waals surface area (Å²) in [5, 5.41) is 0. The van der Waals surface area contributed by atoms with Crippen LogP contribution in [0, 0.1) is 11.8 Å². The van der Waals surface area contributed by atoms with Crippen LogP contribution in [-0.4, -0.2) is 6.67 Å². The van der Waals surface area contributed by atoms with Crippen molar-refractivity contribution < 1.29 is 4.39 Å². The monoisotopic (exact) mass is 130 g/mol. The number of rotatable bonds is 4. The predicted octanol–water partition coefficient (Wildman–Crippen LogP) is 2.78. The molecule has 0 bridgehead atoms. The molecule has 1 heteroatoms. The van der Waals surface area contributed by atoms with E-state index in [9.17, 15) is 4.39 Å². The summed E-state index contributed by atoms with van der Waals surface area (Å²) in [4.78, 5) is 0. The maximum atomic E-state index is 11.9. The SMILES string of the molecule is CCCCC1CC1CF. The lowest BCUT2D eigenvalue weighted by Gasteiger charge is -1.92. The smallest absolute Gasteiger partial charge is 0.0925 e. The first-order chi connectivity index (χ1) is 4.38. The van der Waals surface area contributed by atoms with Crippen molar-refractivity contribution in [3.63, 3.8) is 0 Å². The molecule has 1 rings (SSSR count). The number of hydrogen-bond donors (Lipinski definition) is 0. The second-order valence-corrected chi connectivity index (χ2v) is 3.05. The quantitative estimate of drug-likeness (QED) is 0.549. The van der Waals surface area contributed by atoms with Crippen LogP contribution in [0.2, 0.25) is 0 Å². The lowest BCUT2D eigenvalue weighted by atomic mass is 10.1. The fourth-order valence-corrected chi connectivity index (χ4v) is 1.32. The van der Waals surface area contributed by atoms with E-state index in [1.807, 2.05) is 0 Å². The Labute approximate surface area is 56.5 Å². The van der Waals surface area contributed by atoms with Crippen LogP contribution in [0.3, 0.4) is 0 Å². The van der Waals surface area contributed by atoms with Crippen molar-refractivity contribution in [2.24, 2.45) is 11.8 Å². The van der Waals surface area contributed by atoms with E-state index in [0.717, 1.165) is 12.3 Å². The molecule has 1 aliphatic carbocycles. The minimum Gasteiger partial charge on any atom is -0.251 e. The first-order valence-electron chi connectivity index (χ1n) is 3.94. The van der Waals surface area contributed by atoms with Crippen LogP contribution in [0.25, 0.3) is 0 Å². The van der Waals surface area contributed by atoms with Gasteiger partial charge in [0.05, 0.1) is 6.67 Å². The third kappa shape index (κ3) is 1.96. The molecule has 0 aromatic rings. The molecule has 0 spiro atoms. The van der Waals surface area contributed by atoms with E-state index in [1.54, 1.807) is 0 Å². The van der Waals surface area contributed by atoms with Gasteiger partial charge >= 0.3 is 0 Å². The maximum absolute atomic E-state index is 11.9. The Balaban J connectivity index is 1.92. The summed E-state index contributed by atoms with van der Waals surface area (Å²) in [5.41, 5.74) is 0. The van der Waals surface area contributed by atoms with Crippen molar-refractivity contribution in [2.45, 2.75) is 32.6 Å².